The van der Waals surface area contributed by atoms with Gasteiger partial charge in [0.1, 0.15) is 5.75 Å². The molecule has 2 aromatic heterocycles. The number of amides is 2. The van der Waals surface area contributed by atoms with Crippen LogP contribution >= 0.6 is 0 Å². The van der Waals surface area contributed by atoms with Gasteiger partial charge in [-0.3, -0.25) is 4.98 Å². The lowest BCUT2D eigenvalue weighted by Crippen LogP contribution is -2.20. The van der Waals surface area contributed by atoms with E-state index in [1.807, 2.05) is 61.5 Å². The van der Waals surface area contributed by atoms with Gasteiger partial charge in [-0.1, -0.05) is 35.5 Å². The summed E-state index contributed by atoms with van der Waals surface area (Å²) >= 11 is 0. The Morgan fingerprint density at radius 2 is 1.68 bits per heavy atom. The van der Waals surface area contributed by atoms with Crippen LogP contribution in [0.2, 0.25) is 0 Å². The highest BCUT2D eigenvalue weighted by Gasteiger charge is 2.13. The minimum atomic E-state index is -0.373. The predicted molar refractivity (Wildman–Crippen MR) is 117 cm³/mol. The van der Waals surface area contributed by atoms with Gasteiger partial charge >= 0.3 is 6.03 Å². The number of hydrogen-bond donors (Lipinski definition) is 2. The number of carbonyl (C=O) groups excluding carboxylic acids is 1. The van der Waals surface area contributed by atoms with E-state index in [0.29, 0.717) is 41.9 Å². The van der Waals surface area contributed by atoms with E-state index in [0.717, 1.165) is 11.1 Å². The second-order valence-corrected chi connectivity index (χ2v) is 6.59. The molecule has 0 radical (unpaired) electrons. The summed E-state index contributed by atoms with van der Waals surface area (Å²) < 4.78 is 11.0. The Morgan fingerprint density at radius 3 is 2.48 bits per heavy atom. The van der Waals surface area contributed by atoms with Gasteiger partial charge < -0.3 is 19.9 Å². The van der Waals surface area contributed by atoms with Gasteiger partial charge in [0.05, 0.1) is 18.7 Å². The van der Waals surface area contributed by atoms with Crippen molar-refractivity contribution in [2.45, 2.75) is 13.3 Å². The van der Waals surface area contributed by atoms with E-state index in [1.165, 1.54) is 0 Å². The molecule has 8 nitrogen and oxygen atoms in total. The molecular weight excluding hydrogens is 394 g/mol. The zero-order chi connectivity index (χ0) is 21.5. The first-order chi connectivity index (χ1) is 15.2. The second-order valence-electron chi connectivity index (χ2n) is 6.59. The topological polar surface area (TPSA) is 102 Å². The lowest BCUT2D eigenvalue weighted by molar-refractivity contribution is 0.262. The van der Waals surface area contributed by atoms with Crippen LogP contribution in [0.15, 0.2) is 77.6 Å². The Hall–Kier alpha value is -4.20. The predicted octanol–water partition coefficient (Wildman–Crippen LogP) is 4.77. The average molecular weight is 415 g/mol. The van der Waals surface area contributed by atoms with E-state index in [-0.39, 0.29) is 6.03 Å². The van der Waals surface area contributed by atoms with Crippen molar-refractivity contribution < 1.29 is 14.1 Å². The highest BCUT2D eigenvalue weighted by Crippen LogP contribution is 2.25. The largest absolute Gasteiger partial charge is 0.492 e. The number of anilines is 2. The van der Waals surface area contributed by atoms with E-state index in [2.05, 4.69) is 25.8 Å². The molecule has 0 saturated carbocycles. The number of urea groups is 1. The third-order valence-electron chi connectivity index (χ3n) is 4.45. The number of para-hydroxylation sites is 3. The third-order valence-corrected chi connectivity index (χ3v) is 4.45. The van der Waals surface area contributed by atoms with Gasteiger partial charge in [-0.25, -0.2) is 4.79 Å². The van der Waals surface area contributed by atoms with Crippen molar-refractivity contribution in [2.75, 3.05) is 17.2 Å². The molecule has 4 aromatic rings. The molecule has 0 unspecified atom stereocenters. The molecule has 0 bridgehead atoms. The lowest BCUT2D eigenvalue weighted by Gasteiger charge is -2.13. The molecule has 2 N–H and O–H groups in total. The maximum Gasteiger partial charge on any atom is 0.323 e. The summed E-state index contributed by atoms with van der Waals surface area (Å²) in [6.07, 6.45) is 3.73. The zero-order valence-electron chi connectivity index (χ0n) is 16.9. The molecule has 156 valence electrons. The van der Waals surface area contributed by atoms with Crippen LogP contribution in [0, 0.1) is 0 Å². The fourth-order valence-electron chi connectivity index (χ4n) is 3.03. The van der Waals surface area contributed by atoms with E-state index in [4.69, 9.17) is 9.26 Å². The van der Waals surface area contributed by atoms with Crippen molar-refractivity contribution in [3.8, 4) is 17.1 Å². The molecule has 2 heterocycles. The molecule has 0 atom stereocenters. The van der Waals surface area contributed by atoms with Crippen LogP contribution in [-0.2, 0) is 6.42 Å². The number of benzene rings is 2. The third kappa shape index (κ3) is 5.05. The summed E-state index contributed by atoms with van der Waals surface area (Å²) in [6, 6.07) is 18.0. The van der Waals surface area contributed by atoms with Gasteiger partial charge in [-0.2, -0.15) is 4.98 Å². The first-order valence-corrected chi connectivity index (χ1v) is 9.83. The van der Waals surface area contributed by atoms with E-state index in [1.54, 1.807) is 18.5 Å². The van der Waals surface area contributed by atoms with Crippen LogP contribution < -0.4 is 15.4 Å². The van der Waals surface area contributed by atoms with Gasteiger partial charge in [0.2, 0.25) is 11.7 Å². The molecule has 0 fully saturated rings. The Labute approximate surface area is 179 Å². The van der Waals surface area contributed by atoms with E-state index in [9.17, 15) is 4.79 Å². The Morgan fingerprint density at radius 1 is 0.968 bits per heavy atom. The maximum absolute atomic E-state index is 12.6. The lowest BCUT2D eigenvalue weighted by atomic mass is 10.1. The van der Waals surface area contributed by atoms with Crippen LogP contribution in [0.1, 0.15) is 18.4 Å². The quantitative estimate of drug-likeness (QED) is 0.451. The van der Waals surface area contributed by atoms with E-state index < -0.39 is 0 Å². The molecule has 31 heavy (non-hydrogen) atoms. The minimum absolute atomic E-state index is 0.373. The zero-order valence-corrected chi connectivity index (χ0v) is 16.9. The fraction of sp³-hybridized carbons (Fsp3) is 0.130. The molecule has 8 heteroatoms. The molecule has 2 aromatic carbocycles. The summed E-state index contributed by atoms with van der Waals surface area (Å²) in [6.45, 7) is 2.40. The summed E-state index contributed by atoms with van der Waals surface area (Å²) in [4.78, 5) is 21.0. The molecule has 0 aliphatic rings. The summed E-state index contributed by atoms with van der Waals surface area (Å²) in [5, 5.41) is 9.74. The summed E-state index contributed by atoms with van der Waals surface area (Å²) in [5.41, 5.74) is 2.92. The van der Waals surface area contributed by atoms with Crippen molar-refractivity contribution in [1.29, 1.82) is 0 Å². The van der Waals surface area contributed by atoms with Crippen LogP contribution in [0.4, 0.5) is 16.2 Å². The Bertz CT molecular complexity index is 1160. The number of nitrogens with zero attached hydrogens (tertiary/aromatic N) is 3. The molecule has 2 amide bonds. The van der Waals surface area contributed by atoms with Gasteiger partial charge in [-0.05, 0) is 42.8 Å². The molecule has 0 aliphatic heterocycles. The highest BCUT2D eigenvalue weighted by molar-refractivity contribution is 6.01. The van der Waals surface area contributed by atoms with Crippen molar-refractivity contribution in [3.63, 3.8) is 0 Å². The molecular formula is C23H21N5O3. The number of nitrogens with one attached hydrogen (secondary N) is 2. The number of aromatic nitrogens is 3. The number of rotatable bonds is 7. The first-order valence-electron chi connectivity index (χ1n) is 9.83. The van der Waals surface area contributed by atoms with Crippen molar-refractivity contribution in [2.24, 2.45) is 0 Å². The van der Waals surface area contributed by atoms with Gasteiger partial charge in [-0.15, -0.1) is 0 Å². The molecule has 0 aliphatic carbocycles. The first kappa shape index (κ1) is 20.1. The standard InChI is InChI=1S/C23H21N5O3/c1-2-30-20-10-6-5-9-19(20)26-23(29)25-18-8-4-3-7-17(18)15-21-27-22(28-31-21)16-11-13-24-14-12-16/h3-14H,2,15H2,1H3,(H2,25,26,29). The smallest absolute Gasteiger partial charge is 0.323 e. The molecule has 0 saturated heterocycles. The van der Waals surface area contributed by atoms with Crippen LogP contribution in [0.3, 0.4) is 0 Å². The second kappa shape index (κ2) is 9.53. The fourth-order valence-corrected chi connectivity index (χ4v) is 3.03. The van der Waals surface area contributed by atoms with Gasteiger partial charge in [0, 0.05) is 23.6 Å². The highest BCUT2D eigenvalue weighted by atomic mass is 16.5. The summed E-state index contributed by atoms with van der Waals surface area (Å²) in [7, 11) is 0. The number of hydrogen-bond acceptors (Lipinski definition) is 6. The van der Waals surface area contributed by atoms with Crippen molar-refractivity contribution >= 4 is 17.4 Å². The number of ether oxygens (including phenoxy) is 1. The van der Waals surface area contributed by atoms with E-state index >= 15 is 0 Å². The van der Waals surface area contributed by atoms with Crippen molar-refractivity contribution in [1.82, 2.24) is 15.1 Å². The van der Waals surface area contributed by atoms with Crippen LogP contribution in [0.5, 0.6) is 5.75 Å². The van der Waals surface area contributed by atoms with Gasteiger partial charge in [0.25, 0.3) is 0 Å². The molecule has 0 spiro atoms. The van der Waals surface area contributed by atoms with Crippen LogP contribution in [-0.4, -0.2) is 27.8 Å². The summed E-state index contributed by atoms with van der Waals surface area (Å²) in [5.74, 6) is 1.55. The monoisotopic (exact) mass is 415 g/mol. The Kier molecular flexibility index (Phi) is 6.18. The SMILES string of the molecule is CCOc1ccccc1NC(=O)Nc1ccccc1Cc1nc(-c2ccncc2)no1. The maximum atomic E-state index is 12.6. The minimum Gasteiger partial charge on any atom is -0.492 e. The Balaban J connectivity index is 1.47. The number of carbonyl (C=O) groups is 1. The normalized spacial score (nSPS) is 10.5. The van der Waals surface area contributed by atoms with Gasteiger partial charge in [0.15, 0.2) is 0 Å². The van der Waals surface area contributed by atoms with Crippen LogP contribution in [0.25, 0.3) is 11.4 Å². The van der Waals surface area contributed by atoms with Crippen molar-refractivity contribution in [3.05, 3.63) is 84.5 Å². The average Bonchev–Trinajstić information content (AvgIpc) is 3.26. The number of pyridine rings is 1. The molecule has 4 rings (SSSR count).